The van der Waals surface area contributed by atoms with Crippen molar-refractivity contribution in [1.29, 1.82) is 0 Å². The zero-order valence-electron chi connectivity index (χ0n) is 26.0. The van der Waals surface area contributed by atoms with E-state index in [0.717, 1.165) is 52.7 Å². The second kappa shape index (κ2) is 11.8. The third-order valence-corrected chi connectivity index (χ3v) is 9.72. The summed E-state index contributed by atoms with van der Waals surface area (Å²) in [4.78, 5) is 60.4. The summed E-state index contributed by atoms with van der Waals surface area (Å²) in [6.45, 7) is 3.90. The zero-order valence-corrected chi connectivity index (χ0v) is 26.0. The van der Waals surface area contributed by atoms with Crippen LogP contribution in [0.15, 0.2) is 72.8 Å². The van der Waals surface area contributed by atoms with Crippen molar-refractivity contribution in [2.45, 2.75) is 83.0 Å². The number of imide groups is 2. The highest BCUT2D eigenvalue weighted by atomic mass is 16.2. The summed E-state index contributed by atoms with van der Waals surface area (Å²) in [5.74, 6) is -2.54. The first-order valence-corrected chi connectivity index (χ1v) is 16.1. The van der Waals surface area contributed by atoms with Crippen LogP contribution in [0, 0.1) is 0 Å². The maximum atomic E-state index is 14.6. The molecule has 0 bridgehead atoms. The fraction of sp³-hybridized carbons (Fsp3) is 0.351. The molecule has 232 valence electrons. The summed E-state index contributed by atoms with van der Waals surface area (Å²) < 4.78 is 0. The van der Waals surface area contributed by atoms with Gasteiger partial charge in [0.05, 0.1) is 0 Å². The van der Waals surface area contributed by atoms with Gasteiger partial charge in [0.15, 0.2) is 5.66 Å². The number of benzene rings is 4. The number of unbranched alkanes of at least 4 members (excludes halogenated alkanes) is 6. The van der Waals surface area contributed by atoms with Crippen molar-refractivity contribution in [3.05, 3.63) is 95.1 Å². The van der Waals surface area contributed by atoms with Crippen LogP contribution in [0.4, 0.5) is 0 Å². The normalized spacial score (nSPS) is 15.1. The van der Waals surface area contributed by atoms with Gasteiger partial charge in [-0.2, -0.15) is 0 Å². The van der Waals surface area contributed by atoms with E-state index >= 15 is 0 Å². The molecule has 2 aliphatic rings. The number of hydrogen-bond acceptors (Lipinski definition) is 6. The highest BCUT2D eigenvalue weighted by Crippen LogP contribution is 2.44. The fourth-order valence-electron chi connectivity index (χ4n) is 7.47. The maximum Gasteiger partial charge on any atom is 0.263 e. The van der Waals surface area contributed by atoms with E-state index in [1.54, 1.807) is 55.5 Å². The van der Waals surface area contributed by atoms with Gasteiger partial charge in [-0.25, -0.2) is 9.80 Å². The molecule has 0 radical (unpaired) electrons. The lowest BCUT2D eigenvalue weighted by Gasteiger charge is -2.57. The molecule has 0 spiro atoms. The van der Waals surface area contributed by atoms with Crippen LogP contribution < -0.4 is 11.5 Å². The van der Waals surface area contributed by atoms with Crippen LogP contribution in [0.25, 0.3) is 21.5 Å². The molecule has 0 unspecified atom stereocenters. The van der Waals surface area contributed by atoms with Crippen LogP contribution in [0.2, 0.25) is 0 Å². The van der Waals surface area contributed by atoms with Crippen molar-refractivity contribution in [1.82, 2.24) is 9.80 Å². The molecular formula is C37H40N4O4. The summed E-state index contributed by atoms with van der Waals surface area (Å²) in [7, 11) is 0. The number of nitrogens with two attached hydrogens (primary N) is 2. The minimum absolute atomic E-state index is 0.0538. The Morgan fingerprint density at radius 2 is 0.889 bits per heavy atom. The van der Waals surface area contributed by atoms with Gasteiger partial charge in [-0.15, -0.1) is 0 Å². The number of hydrogen-bond donors (Lipinski definition) is 2. The van der Waals surface area contributed by atoms with Crippen LogP contribution in [0.3, 0.4) is 0 Å². The largest absolute Gasteiger partial charge is 0.310 e. The molecule has 0 fully saturated rings. The van der Waals surface area contributed by atoms with E-state index in [0.29, 0.717) is 39.4 Å². The fourth-order valence-corrected chi connectivity index (χ4v) is 7.47. The number of rotatable bonds is 12. The zero-order chi connectivity index (χ0) is 31.9. The van der Waals surface area contributed by atoms with Gasteiger partial charge in [-0.05, 0) is 47.9 Å². The van der Waals surface area contributed by atoms with Crippen molar-refractivity contribution < 1.29 is 19.2 Å². The van der Waals surface area contributed by atoms with Crippen molar-refractivity contribution in [3.63, 3.8) is 0 Å². The van der Waals surface area contributed by atoms with Crippen molar-refractivity contribution in [2.75, 3.05) is 0 Å². The molecule has 0 aromatic heterocycles. The summed E-state index contributed by atoms with van der Waals surface area (Å²) in [5, 5.41) is 2.56. The summed E-state index contributed by atoms with van der Waals surface area (Å²) in [6.07, 6.45) is 7.12. The molecular weight excluding hydrogens is 564 g/mol. The summed E-state index contributed by atoms with van der Waals surface area (Å²) >= 11 is 0. The predicted molar refractivity (Wildman–Crippen MR) is 176 cm³/mol. The van der Waals surface area contributed by atoms with Crippen molar-refractivity contribution in [3.8, 4) is 0 Å². The highest BCUT2D eigenvalue weighted by molar-refractivity contribution is 6.28. The first-order chi connectivity index (χ1) is 21.7. The summed E-state index contributed by atoms with van der Waals surface area (Å²) in [5.41, 5.74) is 11.5. The Morgan fingerprint density at radius 3 is 1.24 bits per heavy atom. The van der Waals surface area contributed by atoms with E-state index in [1.807, 2.05) is 24.3 Å². The van der Waals surface area contributed by atoms with Crippen LogP contribution in [0.1, 0.15) is 113 Å². The molecule has 8 nitrogen and oxygen atoms in total. The first-order valence-electron chi connectivity index (χ1n) is 16.1. The molecule has 6 rings (SSSR count). The molecule has 45 heavy (non-hydrogen) atoms. The van der Waals surface area contributed by atoms with E-state index in [2.05, 4.69) is 6.92 Å². The lowest BCUT2D eigenvalue weighted by molar-refractivity contribution is -0.0566. The average molecular weight is 605 g/mol. The lowest BCUT2D eigenvalue weighted by Crippen LogP contribution is -2.83. The number of amides is 4. The predicted octanol–water partition coefficient (Wildman–Crippen LogP) is 6.75. The third-order valence-electron chi connectivity index (χ3n) is 9.72. The molecule has 0 saturated heterocycles. The number of nitrogens with zero attached hydrogens (tertiary/aromatic N) is 2. The van der Waals surface area contributed by atoms with Crippen LogP contribution >= 0.6 is 0 Å². The van der Waals surface area contributed by atoms with E-state index in [1.165, 1.54) is 6.42 Å². The van der Waals surface area contributed by atoms with Gasteiger partial charge in [-0.1, -0.05) is 107 Å². The topological polar surface area (TPSA) is 127 Å². The number of carbonyl (C=O) groups is 4. The monoisotopic (exact) mass is 604 g/mol. The minimum Gasteiger partial charge on any atom is -0.310 e. The Labute approximate surface area is 263 Å². The second-order valence-corrected chi connectivity index (χ2v) is 12.4. The van der Waals surface area contributed by atoms with Gasteiger partial charge in [0.1, 0.15) is 5.66 Å². The van der Waals surface area contributed by atoms with Gasteiger partial charge in [0.25, 0.3) is 23.6 Å². The lowest BCUT2D eigenvalue weighted by atomic mass is 9.79. The SMILES string of the molecule is CCCCCCCCCC(N)(N)C(CC)(N1C(=O)c2cccc3cccc(c23)C1=O)N1C(=O)c2cccc3cccc(c23)C1=O. The standard InChI is InChI=1S/C37H40N4O4/c1-3-5-6-7-8-9-10-23-36(38,39)37(4-2,40-32(42)26-19-11-15-24-16-12-20-27(30(24)26)33(40)43)41-34(44)28-21-13-17-25-18-14-22-29(31(25)28)35(41)45/h11-22H,3-10,23,38-39H2,1-2H3. The molecule has 8 heteroatoms. The molecule has 0 aliphatic carbocycles. The Kier molecular flexibility index (Phi) is 8.05. The minimum atomic E-state index is -2.01. The van der Waals surface area contributed by atoms with Gasteiger partial charge < -0.3 is 11.5 Å². The molecule has 2 heterocycles. The van der Waals surface area contributed by atoms with E-state index in [9.17, 15) is 19.2 Å². The van der Waals surface area contributed by atoms with Gasteiger partial charge in [0, 0.05) is 33.0 Å². The van der Waals surface area contributed by atoms with Crippen molar-refractivity contribution >= 4 is 45.2 Å². The Balaban J connectivity index is 1.51. The molecule has 4 aromatic rings. The smallest absolute Gasteiger partial charge is 0.263 e. The molecule has 0 atom stereocenters. The molecule has 4 N–H and O–H groups in total. The number of carbonyl (C=O) groups excluding carboxylic acids is 4. The van der Waals surface area contributed by atoms with E-state index < -0.39 is 35.0 Å². The van der Waals surface area contributed by atoms with Crippen LogP contribution in [0.5, 0.6) is 0 Å². The van der Waals surface area contributed by atoms with Gasteiger partial charge in [-0.3, -0.25) is 19.2 Å². The molecule has 4 aromatic carbocycles. The van der Waals surface area contributed by atoms with Crippen LogP contribution in [-0.4, -0.2) is 44.8 Å². The van der Waals surface area contributed by atoms with E-state index in [4.69, 9.17) is 11.5 Å². The van der Waals surface area contributed by atoms with Gasteiger partial charge in [0.2, 0.25) is 0 Å². The highest BCUT2D eigenvalue weighted by Gasteiger charge is 2.63. The Morgan fingerprint density at radius 1 is 0.533 bits per heavy atom. The molecule has 0 saturated carbocycles. The second-order valence-electron chi connectivity index (χ2n) is 12.4. The Bertz CT molecular complexity index is 1630. The van der Waals surface area contributed by atoms with Crippen LogP contribution in [-0.2, 0) is 0 Å². The molecule has 2 aliphatic heterocycles. The molecule has 4 amide bonds. The van der Waals surface area contributed by atoms with Gasteiger partial charge >= 0.3 is 0 Å². The van der Waals surface area contributed by atoms with Crippen molar-refractivity contribution in [2.24, 2.45) is 11.5 Å². The summed E-state index contributed by atoms with van der Waals surface area (Å²) in [6, 6.07) is 21.0. The Hall–Kier alpha value is -4.40. The third kappa shape index (κ3) is 4.66. The first kappa shape index (κ1) is 30.6. The maximum absolute atomic E-state index is 14.6. The van der Waals surface area contributed by atoms with E-state index in [-0.39, 0.29) is 12.8 Å². The quantitative estimate of drug-likeness (QED) is 0.105. The average Bonchev–Trinajstić information content (AvgIpc) is 3.04.